The third-order valence-electron chi connectivity index (χ3n) is 2.25. The zero-order valence-corrected chi connectivity index (χ0v) is 9.42. The molecule has 0 unspecified atom stereocenters. The van der Waals surface area contributed by atoms with Gasteiger partial charge in [-0.1, -0.05) is 20.8 Å². The van der Waals surface area contributed by atoms with Crippen molar-refractivity contribution < 1.29 is 10.0 Å². The molecule has 0 spiro atoms. The van der Waals surface area contributed by atoms with Crippen LogP contribution in [0.4, 0.5) is 0 Å². The Labute approximate surface area is 93.1 Å². The van der Waals surface area contributed by atoms with Crippen LogP contribution in [0.1, 0.15) is 26.6 Å². The van der Waals surface area contributed by atoms with Crippen LogP contribution in [0.2, 0.25) is 0 Å². The van der Waals surface area contributed by atoms with Crippen molar-refractivity contribution in [3.63, 3.8) is 0 Å². The largest absolute Gasteiger partial charge is 0.491 e. The van der Waals surface area contributed by atoms with Crippen molar-refractivity contribution in [2.75, 3.05) is 0 Å². The molecule has 0 saturated heterocycles. The summed E-state index contributed by atoms with van der Waals surface area (Å²) in [5, 5.41) is 26.1. The van der Waals surface area contributed by atoms with Crippen LogP contribution in [-0.4, -0.2) is 36.7 Å². The van der Waals surface area contributed by atoms with Crippen molar-refractivity contribution >= 4 is 18.4 Å². The molecule has 2 N–H and O–H groups in total. The quantitative estimate of drug-likeness (QED) is 0.608. The minimum Gasteiger partial charge on any atom is -0.423 e. The maximum absolute atomic E-state index is 9.08. The molecule has 6 nitrogen and oxygen atoms in total. The topological polar surface area (TPSA) is 83.5 Å². The van der Waals surface area contributed by atoms with E-state index in [1.807, 2.05) is 20.8 Å². The molecule has 0 aliphatic heterocycles. The third-order valence-corrected chi connectivity index (χ3v) is 2.25. The molecule has 0 amide bonds. The van der Waals surface area contributed by atoms with Gasteiger partial charge in [-0.3, -0.25) is 4.40 Å². The zero-order valence-electron chi connectivity index (χ0n) is 9.42. The van der Waals surface area contributed by atoms with Crippen molar-refractivity contribution in [3.8, 4) is 0 Å². The van der Waals surface area contributed by atoms with E-state index in [9.17, 15) is 0 Å². The summed E-state index contributed by atoms with van der Waals surface area (Å²) in [7, 11) is -1.54. The molecule has 2 aromatic rings. The fourth-order valence-electron chi connectivity index (χ4n) is 1.45. The number of fused-ring (bicyclic) bond motifs is 1. The summed E-state index contributed by atoms with van der Waals surface area (Å²) in [4.78, 5) is 4.01. The number of nitrogens with zero attached hydrogens (tertiary/aromatic N) is 4. The second kappa shape index (κ2) is 3.53. The van der Waals surface area contributed by atoms with Gasteiger partial charge < -0.3 is 10.0 Å². The first-order valence-electron chi connectivity index (χ1n) is 4.97. The van der Waals surface area contributed by atoms with E-state index in [1.165, 1.54) is 6.20 Å². The highest BCUT2D eigenvalue weighted by Gasteiger charge is 2.22. The van der Waals surface area contributed by atoms with Gasteiger partial charge >= 0.3 is 7.12 Å². The summed E-state index contributed by atoms with van der Waals surface area (Å²) >= 11 is 0. The van der Waals surface area contributed by atoms with Crippen molar-refractivity contribution in [1.29, 1.82) is 0 Å². The highest BCUT2D eigenvalue weighted by molar-refractivity contribution is 6.58. The van der Waals surface area contributed by atoms with E-state index in [0.717, 1.165) is 5.82 Å². The number of hydrogen-bond donors (Lipinski definition) is 2. The van der Waals surface area contributed by atoms with Crippen LogP contribution in [-0.2, 0) is 5.41 Å². The molecule has 2 aromatic heterocycles. The van der Waals surface area contributed by atoms with Crippen LogP contribution in [0.3, 0.4) is 0 Å². The normalized spacial score (nSPS) is 12.1. The summed E-state index contributed by atoms with van der Waals surface area (Å²) in [6, 6.07) is 0. The van der Waals surface area contributed by atoms with Gasteiger partial charge in [0.2, 0.25) is 0 Å². The molecule has 0 radical (unpaired) electrons. The van der Waals surface area contributed by atoms with Crippen molar-refractivity contribution in [2.24, 2.45) is 0 Å². The first kappa shape index (κ1) is 11.0. The Balaban J connectivity index is 2.65. The van der Waals surface area contributed by atoms with Gasteiger partial charge in [0.1, 0.15) is 5.82 Å². The van der Waals surface area contributed by atoms with Gasteiger partial charge in [-0.05, 0) is 0 Å². The molecule has 0 aliphatic carbocycles. The molecule has 0 atom stereocenters. The van der Waals surface area contributed by atoms with Gasteiger partial charge in [-0.15, -0.1) is 10.2 Å². The lowest BCUT2D eigenvalue weighted by atomic mass is 9.83. The monoisotopic (exact) mass is 220 g/mol. The summed E-state index contributed by atoms with van der Waals surface area (Å²) < 4.78 is 1.68. The maximum atomic E-state index is 9.08. The molecular formula is C9H13BN4O2. The number of hydrogen-bond acceptors (Lipinski definition) is 5. The average Bonchev–Trinajstić information content (AvgIpc) is 2.58. The van der Waals surface area contributed by atoms with Crippen LogP contribution in [0, 0.1) is 0 Å². The number of aromatic nitrogens is 4. The first-order valence-corrected chi connectivity index (χ1v) is 4.97. The van der Waals surface area contributed by atoms with E-state index in [-0.39, 0.29) is 5.41 Å². The molecule has 0 aliphatic rings. The van der Waals surface area contributed by atoms with Crippen LogP contribution in [0.5, 0.6) is 0 Å². The lowest BCUT2D eigenvalue weighted by Gasteiger charge is -2.15. The van der Waals surface area contributed by atoms with E-state index in [1.54, 1.807) is 10.6 Å². The molecule has 0 aromatic carbocycles. The van der Waals surface area contributed by atoms with E-state index < -0.39 is 7.12 Å². The van der Waals surface area contributed by atoms with Crippen LogP contribution < -0.4 is 5.46 Å². The molecule has 0 fully saturated rings. The van der Waals surface area contributed by atoms with E-state index >= 15 is 0 Å². The van der Waals surface area contributed by atoms with Gasteiger partial charge in [0, 0.05) is 23.3 Å². The fourth-order valence-corrected chi connectivity index (χ4v) is 1.45. The highest BCUT2D eigenvalue weighted by atomic mass is 16.4. The van der Waals surface area contributed by atoms with Crippen molar-refractivity contribution in [2.45, 2.75) is 26.2 Å². The standard InChI is InChI=1S/C9H13BN4O2/c1-9(2,3)7-12-13-8-11-4-6(10(15)16)5-14(7)8/h4-5,15-16H,1-3H3. The smallest absolute Gasteiger partial charge is 0.423 e. The molecule has 16 heavy (non-hydrogen) atoms. The van der Waals surface area contributed by atoms with Crippen molar-refractivity contribution in [1.82, 2.24) is 19.6 Å². The van der Waals surface area contributed by atoms with Crippen LogP contribution >= 0.6 is 0 Å². The second-order valence-corrected chi connectivity index (χ2v) is 4.70. The lowest BCUT2D eigenvalue weighted by molar-refractivity contribution is 0.425. The van der Waals surface area contributed by atoms with Crippen LogP contribution in [0.25, 0.3) is 5.78 Å². The summed E-state index contributed by atoms with van der Waals surface area (Å²) in [5.74, 6) is 1.19. The van der Waals surface area contributed by atoms with Gasteiger partial charge in [-0.25, -0.2) is 4.98 Å². The Hall–Kier alpha value is -1.47. The second-order valence-electron chi connectivity index (χ2n) is 4.70. The lowest BCUT2D eigenvalue weighted by Crippen LogP contribution is -2.31. The molecular weight excluding hydrogens is 207 g/mol. The predicted molar refractivity (Wildman–Crippen MR) is 59.3 cm³/mol. The Morgan fingerprint density at radius 3 is 2.50 bits per heavy atom. The zero-order chi connectivity index (χ0) is 11.9. The molecule has 2 rings (SSSR count). The highest BCUT2D eigenvalue weighted by Crippen LogP contribution is 2.19. The summed E-state index contributed by atoms with van der Waals surface area (Å²) in [6.07, 6.45) is 2.97. The Morgan fingerprint density at radius 1 is 1.25 bits per heavy atom. The van der Waals surface area contributed by atoms with E-state index in [2.05, 4.69) is 15.2 Å². The Bertz CT molecular complexity index is 518. The van der Waals surface area contributed by atoms with E-state index in [4.69, 9.17) is 10.0 Å². The SMILES string of the molecule is CC(C)(C)c1nnc2ncc(B(O)O)cn12. The minimum absolute atomic E-state index is 0.180. The first-order chi connectivity index (χ1) is 7.39. The van der Waals surface area contributed by atoms with Gasteiger partial charge in [0.15, 0.2) is 0 Å². The average molecular weight is 220 g/mol. The fraction of sp³-hybridized carbons (Fsp3) is 0.444. The predicted octanol–water partition coefficient (Wildman–Crippen LogP) is -0.898. The van der Waals surface area contributed by atoms with Crippen molar-refractivity contribution in [3.05, 3.63) is 18.2 Å². The van der Waals surface area contributed by atoms with Gasteiger partial charge in [0.25, 0.3) is 5.78 Å². The third kappa shape index (κ3) is 1.79. The molecule has 0 bridgehead atoms. The summed E-state index contributed by atoms with van der Waals surface area (Å²) in [5.41, 5.74) is 0.137. The molecule has 84 valence electrons. The Kier molecular flexibility index (Phi) is 2.44. The van der Waals surface area contributed by atoms with Gasteiger partial charge in [0.05, 0.1) is 0 Å². The van der Waals surface area contributed by atoms with Gasteiger partial charge in [-0.2, -0.15) is 0 Å². The molecule has 2 heterocycles. The Morgan fingerprint density at radius 2 is 1.94 bits per heavy atom. The maximum Gasteiger partial charge on any atom is 0.491 e. The number of rotatable bonds is 1. The summed E-state index contributed by atoms with van der Waals surface area (Å²) in [6.45, 7) is 6.02. The molecule has 7 heteroatoms. The molecule has 0 saturated carbocycles. The minimum atomic E-state index is -1.54. The van der Waals surface area contributed by atoms with E-state index in [0.29, 0.717) is 11.2 Å². The van der Waals surface area contributed by atoms with Crippen LogP contribution in [0.15, 0.2) is 12.4 Å².